The lowest BCUT2D eigenvalue weighted by molar-refractivity contribution is -0.252. The molecule has 3 aliphatic rings. The summed E-state index contributed by atoms with van der Waals surface area (Å²) in [5.41, 5.74) is -8.89. The molecule has 3 bridgehead atoms. The molecule has 2 aliphatic carbocycles. The summed E-state index contributed by atoms with van der Waals surface area (Å²) in [5, 5.41) is 46.1. The van der Waals surface area contributed by atoms with Crippen molar-refractivity contribution < 1.29 is 43.9 Å². The summed E-state index contributed by atoms with van der Waals surface area (Å²) < 4.78 is 15.4. The monoisotopic (exact) mass is 444 g/mol. The number of rotatable bonds is 4. The van der Waals surface area contributed by atoms with Gasteiger partial charge in [-0.05, 0) is 0 Å². The molecule has 1 saturated heterocycles. The summed E-state index contributed by atoms with van der Waals surface area (Å²) in [7, 11) is 1.28. The van der Waals surface area contributed by atoms with Crippen molar-refractivity contribution in [3.63, 3.8) is 0 Å². The number of benzene rings is 1. The van der Waals surface area contributed by atoms with E-state index in [2.05, 4.69) is 0 Å². The first-order valence-corrected chi connectivity index (χ1v) is 9.93. The molecule has 32 heavy (non-hydrogen) atoms. The van der Waals surface area contributed by atoms with Gasteiger partial charge >= 0.3 is 11.6 Å². The van der Waals surface area contributed by atoms with Crippen molar-refractivity contribution in [1.29, 1.82) is 0 Å². The predicted molar refractivity (Wildman–Crippen MR) is 104 cm³/mol. The molecule has 5 rings (SSSR count). The highest BCUT2D eigenvalue weighted by atomic mass is 16.6. The fourth-order valence-corrected chi connectivity index (χ4v) is 5.68. The molecule has 7 atom stereocenters. The van der Waals surface area contributed by atoms with Crippen LogP contribution in [-0.4, -0.2) is 68.3 Å². The van der Waals surface area contributed by atoms with Crippen LogP contribution in [0.4, 0.5) is 0 Å². The minimum Gasteiger partial charge on any atom is -0.496 e. The first-order valence-electron chi connectivity index (χ1n) is 9.93. The van der Waals surface area contributed by atoms with Gasteiger partial charge in [0.15, 0.2) is 5.78 Å². The van der Waals surface area contributed by atoms with Crippen molar-refractivity contribution in [2.75, 3.05) is 7.11 Å². The molecule has 10 nitrogen and oxygen atoms in total. The molecule has 2 aromatic rings. The predicted octanol–water partition coefficient (Wildman–Crippen LogP) is -0.872. The van der Waals surface area contributed by atoms with Gasteiger partial charge in [0.1, 0.15) is 34.9 Å². The second kappa shape index (κ2) is 6.48. The average Bonchev–Trinajstić information content (AvgIpc) is 2.87. The van der Waals surface area contributed by atoms with Crippen LogP contribution in [0.2, 0.25) is 0 Å². The molecular formula is C22H20O10. The zero-order valence-electron chi connectivity index (χ0n) is 16.8. The third-order valence-corrected chi connectivity index (χ3v) is 6.99. The molecule has 1 aromatic carbocycles. The SMILES string of the molecule is COc1cc([C@@H]2[C@@]3(O)[C@@H](O)[C@H]4C[C@@]2(O)[C@](O)(C(=O)O4)[C@H]3C(=O)c2ccccc2)oc(=O)c1. The van der Waals surface area contributed by atoms with E-state index in [-0.39, 0.29) is 17.1 Å². The van der Waals surface area contributed by atoms with Crippen LogP contribution in [0.5, 0.6) is 5.75 Å². The summed E-state index contributed by atoms with van der Waals surface area (Å²) in [5.74, 6) is -6.31. The molecule has 1 aromatic heterocycles. The summed E-state index contributed by atoms with van der Waals surface area (Å²) in [6.45, 7) is 0. The molecule has 0 radical (unpaired) electrons. The summed E-state index contributed by atoms with van der Waals surface area (Å²) in [6.07, 6.45) is -3.76. The molecule has 1 aliphatic heterocycles. The lowest BCUT2D eigenvalue weighted by Crippen LogP contribution is -2.69. The van der Waals surface area contributed by atoms with Gasteiger partial charge in [-0.3, -0.25) is 4.79 Å². The van der Waals surface area contributed by atoms with Crippen LogP contribution < -0.4 is 10.4 Å². The van der Waals surface area contributed by atoms with Gasteiger partial charge < -0.3 is 34.3 Å². The van der Waals surface area contributed by atoms with E-state index >= 15 is 0 Å². The standard InChI is InChI=1S/C22H20O10/c1-30-11-7-12(31-14(23)8-11)16-20(27)9-13-18(25)21(16,28)17(22(20,29)19(26)32-13)15(24)10-5-3-2-4-6-10/h2-8,13,16-18,25,27-29H,9H2,1H3/t13-,16+,17+,18+,20+,21+,22-/m1/s1. The molecular weight excluding hydrogens is 424 g/mol. The normalized spacial score (nSPS) is 39.6. The van der Waals surface area contributed by atoms with E-state index in [1.165, 1.54) is 25.3 Å². The minimum absolute atomic E-state index is 0.0218. The number of ketones is 1. The van der Waals surface area contributed by atoms with Gasteiger partial charge in [-0.15, -0.1) is 0 Å². The minimum atomic E-state index is -2.92. The number of aliphatic hydroxyl groups excluding tert-OH is 1. The van der Waals surface area contributed by atoms with Crippen molar-refractivity contribution in [3.05, 3.63) is 64.2 Å². The van der Waals surface area contributed by atoms with Crippen molar-refractivity contribution in [2.24, 2.45) is 5.92 Å². The Bertz CT molecular complexity index is 1170. The first kappa shape index (κ1) is 20.8. The largest absolute Gasteiger partial charge is 0.496 e. The summed E-state index contributed by atoms with van der Waals surface area (Å²) in [4.78, 5) is 38.5. The number of hydrogen-bond donors (Lipinski definition) is 4. The number of fused-ring (bicyclic) bond motifs is 2. The number of esters is 1. The smallest absolute Gasteiger partial charge is 0.342 e. The van der Waals surface area contributed by atoms with E-state index in [0.717, 1.165) is 6.07 Å². The van der Waals surface area contributed by atoms with Crippen molar-refractivity contribution in [1.82, 2.24) is 0 Å². The Morgan fingerprint density at radius 2 is 1.81 bits per heavy atom. The van der Waals surface area contributed by atoms with Gasteiger partial charge in [0.05, 0.1) is 25.0 Å². The van der Waals surface area contributed by atoms with Crippen LogP contribution in [0.15, 0.2) is 51.7 Å². The molecule has 0 amide bonds. The highest BCUT2D eigenvalue weighted by molar-refractivity contribution is 6.05. The van der Waals surface area contributed by atoms with Crippen LogP contribution in [0, 0.1) is 5.92 Å². The van der Waals surface area contributed by atoms with Crippen LogP contribution in [-0.2, 0) is 9.53 Å². The number of carbonyl (C=O) groups is 2. The molecule has 0 spiro atoms. The van der Waals surface area contributed by atoms with Gasteiger partial charge in [0.2, 0.25) is 5.60 Å². The maximum Gasteiger partial charge on any atom is 0.342 e. The van der Waals surface area contributed by atoms with Crippen molar-refractivity contribution >= 4 is 11.8 Å². The Labute approximate surface area is 180 Å². The van der Waals surface area contributed by atoms with E-state index in [4.69, 9.17) is 13.9 Å². The number of methoxy groups -OCH3 is 1. The number of aliphatic hydroxyl groups is 4. The molecule has 0 unspecified atom stereocenters. The molecule has 4 N–H and O–H groups in total. The van der Waals surface area contributed by atoms with E-state index < -0.39 is 64.6 Å². The third kappa shape index (κ3) is 2.29. The Hall–Kier alpha value is -3.05. The van der Waals surface area contributed by atoms with E-state index in [0.29, 0.717) is 0 Å². The van der Waals surface area contributed by atoms with E-state index in [9.17, 15) is 34.8 Å². The quantitative estimate of drug-likeness (QED) is 0.344. The Balaban J connectivity index is 1.80. The highest BCUT2D eigenvalue weighted by Crippen LogP contribution is 2.67. The molecule has 3 fully saturated rings. The number of Topliss-reactive ketones (excluding diaryl/α,β-unsaturated/α-hetero) is 1. The topological polar surface area (TPSA) is 164 Å². The number of hydrogen-bond acceptors (Lipinski definition) is 10. The van der Waals surface area contributed by atoms with Crippen LogP contribution in [0.25, 0.3) is 0 Å². The highest BCUT2D eigenvalue weighted by Gasteiger charge is 2.88. The molecule has 2 heterocycles. The van der Waals surface area contributed by atoms with Gasteiger partial charge in [0, 0.05) is 18.1 Å². The Morgan fingerprint density at radius 3 is 2.47 bits per heavy atom. The lowest BCUT2D eigenvalue weighted by Gasteiger charge is -2.50. The van der Waals surface area contributed by atoms with E-state index in [1.54, 1.807) is 18.2 Å². The lowest BCUT2D eigenvalue weighted by atomic mass is 9.65. The second-order valence-corrected chi connectivity index (χ2v) is 8.49. The van der Waals surface area contributed by atoms with Crippen molar-refractivity contribution in [3.8, 4) is 5.75 Å². The first-order chi connectivity index (χ1) is 15.1. The Kier molecular flexibility index (Phi) is 4.22. The van der Waals surface area contributed by atoms with E-state index in [1.807, 2.05) is 0 Å². The molecule has 10 heteroatoms. The van der Waals surface area contributed by atoms with Crippen LogP contribution in [0.1, 0.15) is 28.5 Å². The fraction of sp³-hybridized carbons (Fsp3) is 0.409. The van der Waals surface area contributed by atoms with Gasteiger partial charge in [0.25, 0.3) is 0 Å². The number of carbonyl (C=O) groups excluding carboxylic acids is 2. The van der Waals surface area contributed by atoms with Crippen LogP contribution in [0.3, 0.4) is 0 Å². The zero-order valence-corrected chi connectivity index (χ0v) is 16.8. The van der Waals surface area contributed by atoms with Gasteiger partial charge in [-0.1, -0.05) is 30.3 Å². The fourth-order valence-electron chi connectivity index (χ4n) is 5.68. The Morgan fingerprint density at radius 1 is 1.12 bits per heavy atom. The summed E-state index contributed by atoms with van der Waals surface area (Å²) >= 11 is 0. The second-order valence-electron chi connectivity index (χ2n) is 8.49. The molecule has 168 valence electrons. The third-order valence-electron chi connectivity index (χ3n) is 6.99. The van der Waals surface area contributed by atoms with Crippen LogP contribution >= 0.6 is 0 Å². The average molecular weight is 444 g/mol. The summed E-state index contributed by atoms with van der Waals surface area (Å²) in [6, 6.07) is 9.75. The van der Waals surface area contributed by atoms with Gasteiger partial charge in [-0.2, -0.15) is 0 Å². The molecule has 2 saturated carbocycles. The van der Waals surface area contributed by atoms with Crippen molar-refractivity contribution in [2.45, 2.75) is 41.3 Å². The maximum absolute atomic E-state index is 13.5. The van der Waals surface area contributed by atoms with Gasteiger partial charge in [-0.25, -0.2) is 9.59 Å². The maximum atomic E-state index is 13.5. The zero-order chi connectivity index (χ0) is 23.1. The number of ether oxygens (including phenoxy) is 2.